The van der Waals surface area contributed by atoms with Gasteiger partial charge in [0.25, 0.3) is 0 Å². The molecule has 3 aromatic rings. The molecule has 0 spiro atoms. The van der Waals surface area contributed by atoms with E-state index in [4.69, 9.17) is 9.47 Å². The van der Waals surface area contributed by atoms with Gasteiger partial charge in [0.2, 0.25) is 0 Å². The molecule has 1 fully saturated rings. The number of benzene rings is 2. The molecule has 5 nitrogen and oxygen atoms in total. The van der Waals surface area contributed by atoms with Crippen LogP contribution in [0.2, 0.25) is 0 Å². The molecule has 0 N–H and O–H groups in total. The zero-order valence-electron chi connectivity index (χ0n) is 15.4. The van der Waals surface area contributed by atoms with E-state index in [1.165, 1.54) is 5.69 Å². The van der Waals surface area contributed by atoms with Crippen LogP contribution in [-0.4, -0.2) is 44.2 Å². The zero-order chi connectivity index (χ0) is 18.5. The molecule has 1 aromatic heterocycles. The predicted molar refractivity (Wildman–Crippen MR) is 109 cm³/mol. The van der Waals surface area contributed by atoms with Crippen molar-refractivity contribution < 1.29 is 9.47 Å². The number of rotatable bonds is 5. The van der Waals surface area contributed by atoms with Gasteiger partial charge >= 0.3 is 0 Å². The van der Waals surface area contributed by atoms with Gasteiger partial charge in [-0.2, -0.15) is 0 Å². The lowest BCUT2D eigenvalue weighted by Gasteiger charge is -2.28. The maximum Gasteiger partial charge on any atom is 0.119 e. The number of aromatic nitrogens is 1. The summed E-state index contributed by atoms with van der Waals surface area (Å²) < 4.78 is 12.7. The Morgan fingerprint density at radius 3 is 2.33 bits per heavy atom. The van der Waals surface area contributed by atoms with E-state index in [9.17, 15) is 0 Å². The summed E-state index contributed by atoms with van der Waals surface area (Å²) in [4.78, 5) is 6.93. The second kappa shape index (κ2) is 8.10. The highest BCUT2D eigenvalue weighted by Crippen LogP contribution is 2.21. The van der Waals surface area contributed by atoms with Crippen molar-refractivity contribution in [1.29, 1.82) is 0 Å². The zero-order valence-corrected chi connectivity index (χ0v) is 15.4. The maximum atomic E-state index is 5.40. The highest BCUT2D eigenvalue weighted by atomic mass is 16.5. The van der Waals surface area contributed by atoms with E-state index in [2.05, 4.69) is 51.0 Å². The summed E-state index contributed by atoms with van der Waals surface area (Å²) in [5, 5.41) is 0. The van der Waals surface area contributed by atoms with Crippen LogP contribution >= 0.6 is 0 Å². The first kappa shape index (κ1) is 17.4. The third-order valence-electron chi connectivity index (χ3n) is 4.67. The molecule has 2 heterocycles. The number of ether oxygens (including phenoxy) is 2. The van der Waals surface area contributed by atoms with Gasteiger partial charge in [-0.25, -0.2) is 0 Å². The molecule has 2 aromatic carbocycles. The van der Waals surface area contributed by atoms with E-state index in [-0.39, 0.29) is 0 Å². The van der Waals surface area contributed by atoms with Gasteiger partial charge < -0.3 is 18.9 Å². The summed E-state index contributed by atoms with van der Waals surface area (Å²) in [6.07, 6.45) is 5.99. The Bertz CT molecular complexity index is 892. The Kier molecular flexibility index (Phi) is 5.21. The summed E-state index contributed by atoms with van der Waals surface area (Å²) >= 11 is 0. The van der Waals surface area contributed by atoms with Gasteiger partial charge in [0.15, 0.2) is 0 Å². The number of anilines is 1. The minimum absolute atomic E-state index is 0.797. The first-order chi connectivity index (χ1) is 13.3. The molecule has 27 heavy (non-hydrogen) atoms. The molecule has 0 saturated carbocycles. The largest absolute Gasteiger partial charge is 0.497 e. The molecular formula is C22H23N3O2. The molecule has 0 bridgehead atoms. The van der Waals surface area contributed by atoms with Crippen LogP contribution in [0.3, 0.4) is 0 Å². The van der Waals surface area contributed by atoms with Crippen molar-refractivity contribution in [3.63, 3.8) is 0 Å². The van der Waals surface area contributed by atoms with E-state index in [1.54, 1.807) is 7.11 Å². The van der Waals surface area contributed by atoms with Crippen LogP contribution in [0.5, 0.6) is 5.75 Å². The summed E-state index contributed by atoms with van der Waals surface area (Å²) in [5.41, 5.74) is 4.32. The summed E-state index contributed by atoms with van der Waals surface area (Å²) in [7, 11) is 1.67. The van der Waals surface area contributed by atoms with E-state index in [1.807, 2.05) is 36.7 Å². The molecule has 0 atom stereocenters. The minimum Gasteiger partial charge on any atom is -0.497 e. The Labute approximate surface area is 159 Å². The first-order valence-electron chi connectivity index (χ1n) is 9.11. The molecule has 0 radical (unpaired) electrons. The number of aliphatic imine (C=N–C) groups is 1. The number of hydrogen-bond acceptors (Lipinski definition) is 4. The maximum absolute atomic E-state index is 5.40. The highest BCUT2D eigenvalue weighted by molar-refractivity contribution is 5.82. The van der Waals surface area contributed by atoms with Crippen molar-refractivity contribution in [2.45, 2.75) is 0 Å². The van der Waals surface area contributed by atoms with Gasteiger partial charge in [-0.3, -0.25) is 4.99 Å². The Balaban J connectivity index is 1.42. The lowest BCUT2D eigenvalue weighted by atomic mass is 10.2. The number of hydrogen-bond donors (Lipinski definition) is 0. The second-order valence-corrected chi connectivity index (χ2v) is 6.42. The molecule has 1 aliphatic rings. The average molecular weight is 361 g/mol. The minimum atomic E-state index is 0.797. The Morgan fingerprint density at radius 2 is 1.63 bits per heavy atom. The van der Waals surface area contributed by atoms with E-state index >= 15 is 0 Å². The summed E-state index contributed by atoms with van der Waals surface area (Å²) in [6.45, 7) is 3.49. The van der Waals surface area contributed by atoms with E-state index in [0.717, 1.165) is 49.0 Å². The quantitative estimate of drug-likeness (QED) is 0.643. The summed E-state index contributed by atoms with van der Waals surface area (Å²) in [6, 6.07) is 18.4. The predicted octanol–water partition coefficient (Wildman–Crippen LogP) is 4.07. The first-order valence-corrected chi connectivity index (χ1v) is 9.11. The lowest BCUT2D eigenvalue weighted by molar-refractivity contribution is 0.122. The van der Waals surface area contributed by atoms with E-state index in [0.29, 0.717) is 0 Å². The second-order valence-electron chi connectivity index (χ2n) is 6.42. The molecule has 4 rings (SSSR count). The van der Waals surface area contributed by atoms with Crippen molar-refractivity contribution in [2.75, 3.05) is 38.3 Å². The average Bonchev–Trinajstić information content (AvgIpc) is 3.22. The van der Waals surface area contributed by atoms with Crippen LogP contribution in [0, 0.1) is 0 Å². The van der Waals surface area contributed by atoms with Crippen LogP contribution < -0.4 is 9.64 Å². The van der Waals surface area contributed by atoms with Crippen molar-refractivity contribution in [3.8, 4) is 11.4 Å². The number of morpholine rings is 1. The molecule has 5 heteroatoms. The molecule has 1 saturated heterocycles. The van der Waals surface area contributed by atoms with Crippen molar-refractivity contribution >= 4 is 17.6 Å². The standard InChI is InChI=1S/C22H23N3O2/c1-26-22-8-6-21(7-9-22)25-11-10-18(17-25)16-23-19-2-4-20(5-3-19)24-12-14-27-15-13-24/h2-11,16-17H,12-15H2,1H3. The fourth-order valence-corrected chi connectivity index (χ4v) is 3.12. The van der Waals surface area contributed by atoms with Gasteiger partial charge in [0, 0.05) is 48.6 Å². The number of methoxy groups -OCH3 is 1. The fraction of sp³-hybridized carbons (Fsp3) is 0.227. The molecular weight excluding hydrogens is 338 g/mol. The van der Waals surface area contributed by atoms with Gasteiger partial charge in [-0.15, -0.1) is 0 Å². The SMILES string of the molecule is COc1ccc(-n2ccc(C=Nc3ccc(N4CCOCC4)cc3)c2)cc1. The molecule has 0 aliphatic carbocycles. The normalized spacial score (nSPS) is 14.6. The molecule has 1 aliphatic heterocycles. The van der Waals surface area contributed by atoms with Gasteiger partial charge in [-0.1, -0.05) is 0 Å². The smallest absolute Gasteiger partial charge is 0.119 e. The van der Waals surface area contributed by atoms with Crippen molar-refractivity contribution in [1.82, 2.24) is 4.57 Å². The molecule has 0 unspecified atom stereocenters. The lowest BCUT2D eigenvalue weighted by Crippen LogP contribution is -2.36. The van der Waals surface area contributed by atoms with E-state index < -0.39 is 0 Å². The topological polar surface area (TPSA) is 39.0 Å². The fourth-order valence-electron chi connectivity index (χ4n) is 3.12. The summed E-state index contributed by atoms with van der Waals surface area (Å²) in [5.74, 6) is 0.855. The molecule has 138 valence electrons. The van der Waals surface area contributed by atoms with Crippen LogP contribution in [0.15, 0.2) is 72.0 Å². The number of nitrogens with zero attached hydrogens (tertiary/aromatic N) is 3. The van der Waals surface area contributed by atoms with Gasteiger partial charge in [0.1, 0.15) is 5.75 Å². The van der Waals surface area contributed by atoms with Crippen molar-refractivity contribution in [2.24, 2.45) is 4.99 Å². The van der Waals surface area contributed by atoms with Crippen LogP contribution in [0.25, 0.3) is 5.69 Å². The van der Waals surface area contributed by atoms with Crippen LogP contribution in [0.4, 0.5) is 11.4 Å². The van der Waals surface area contributed by atoms with Crippen LogP contribution in [-0.2, 0) is 4.74 Å². The third kappa shape index (κ3) is 4.20. The van der Waals surface area contributed by atoms with Crippen molar-refractivity contribution in [3.05, 3.63) is 72.6 Å². The molecule has 0 amide bonds. The highest BCUT2D eigenvalue weighted by Gasteiger charge is 2.10. The Hall–Kier alpha value is -3.05. The van der Waals surface area contributed by atoms with Crippen LogP contribution in [0.1, 0.15) is 5.56 Å². The van der Waals surface area contributed by atoms with Gasteiger partial charge in [-0.05, 0) is 54.6 Å². The monoisotopic (exact) mass is 361 g/mol. The van der Waals surface area contributed by atoms with Gasteiger partial charge in [0.05, 0.1) is 26.0 Å². The third-order valence-corrected chi connectivity index (χ3v) is 4.67. The Morgan fingerprint density at radius 1 is 0.926 bits per heavy atom.